The third-order valence-electron chi connectivity index (χ3n) is 10.3. The van der Waals surface area contributed by atoms with Gasteiger partial charge in [0.05, 0.1) is 59.6 Å². The minimum absolute atomic E-state index is 0.0111. The summed E-state index contributed by atoms with van der Waals surface area (Å²) >= 11 is 5.80. The minimum atomic E-state index is -4.71. The number of aromatic carboxylic acids is 1. The predicted molar refractivity (Wildman–Crippen MR) is 306 cm³/mol. The van der Waals surface area contributed by atoms with Gasteiger partial charge < -0.3 is 54.2 Å². The molecule has 3 aromatic heterocycles. The van der Waals surface area contributed by atoms with Crippen molar-refractivity contribution in [2.45, 2.75) is 48.7 Å². The lowest BCUT2D eigenvalue weighted by Crippen LogP contribution is -2.36. The summed E-state index contributed by atoms with van der Waals surface area (Å²) in [6, 6.07) is 11.5. The zero-order chi connectivity index (χ0) is 70.3. The molecule has 9 N–H and O–H groups in total. The molecule has 0 radical (unpaired) electrons. The van der Waals surface area contributed by atoms with Crippen molar-refractivity contribution < 1.29 is 125 Å². The number of methoxy groups -OCH3 is 2. The second-order valence-corrected chi connectivity index (χ2v) is 23.7. The smallest absolute Gasteiger partial charge is 0.416 e. The van der Waals surface area contributed by atoms with Crippen LogP contribution >= 0.6 is 19.0 Å². The van der Waals surface area contributed by atoms with Crippen LogP contribution in [0.2, 0.25) is 5.02 Å². The second-order valence-electron chi connectivity index (χ2n) is 17.5. The van der Waals surface area contributed by atoms with Gasteiger partial charge in [-0.15, -0.1) is 0 Å². The van der Waals surface area contributed by atoms with E-state index in [1.165, 1.54) is 99.3 Å². The van der Waals surface area contributed by atoms with Crippen molar-refractivity contribution in [3.05, 3.63) is 123 Å². The summed E-state index contributed by atoms with van der Waals surface area (Å²) in [5, 5.41) is 31.3. The maximum Gasteiger partial charge on any atom is 0.416 e. The number of halogens is 8. The largest absolute Gasteiger partial charge is 0.487 e. The predicted octanol–water partition coefficient (Wildman–Crippen LogP) is 7.14. The molecule has 0 aliphatic heterocycles. The van der Waals surface area contributed by atoms with Crippen molar-refractivity contribution >= 4 is 86.5 Å². The number of anilines is 2. The van der Waals surface area contributed by atoms with Gasteiger partial charge in [-0.2, -0.15) is 59.1 Å². The Morgan fingerprint density at radius 1 is 0.763 bits per heavy atom. The van der Waals surface area contributed by atoms with Gasteiger partial charge in [0.25, 0.3) is 26.0 Å². The first-order valence-electron chi connectivity index (χ1n) is 24.9. The molecule has 2 atom stereocenters. The highest BCUT2D eigenvalue weighted by molar-refractivity contribution is 7.90. The minimum Gasteiger partial charge on any atom is -0.487 e. The molecule has 33 nitrogen and oxygen atoms in total. The molecule has 6 aromatic rings. The maximum absolute atomic E-state index is 12.6. The molecule has 0 saturated heterocycles. The molecule has 506 valence electrons. The molecule has 0 aliphatic rings. The van der Waals surface area contributed by atoms with E-state index in [-0.39, 0.29) is 70.4 Å². The number of nitro groups is 1. The molecule has 2 unspecified atom stereocenters. The van der Waals surface area contributed by atoms with E-state index in [0.717, 1.165) is 30.3 Å². The zero-order valence-electron chi connectivity index (χ0n) is 48.2. The number of sulfonamides is 2. The lowest BCUT2D eigenvalue weighted by Gasteiger charge is -2.14. The van der Waals surface area contributed by atoms with Gasteiger partial charge in [0.2, 0.25) is 41.2 Å². The normalized spacial score (nSPS) is 12.0. The molecule has 3 aromatic carbocycles. The number of urea groups is 2. The summed E-state index contributed by atoms with van der Waals surface area (Å²) in [4.78, 5) is 95.0. The van der Waals surface area contributed by atoms with Crippen LogP contribution in [-0.4, -0.2) is 164 Å². The number of carbonyl (C=O) groups is 5. The topological polar surface area (TPSA) is 472 Å². The van der Waals surface area contributed by atoms with Gasteiger partial charge in [0.15, 0.2) is 12.4 Å². The van der Waals surface area contributed by atoms with Crippen LogP contribution in [0.25, 0.3) is 0 Å². The van der Waals surface area contributed by atoms with E-state index < -0.39 is 126 Å². The summed E-state index contributed by atoms with van der Waals surface area (Å²) in [6.07, 6.45) is -3.33. The fraction of sp³-hybridized carbons (Fsp3) is 0.265. The Kier molecular flexibility index (Phi) is 28.6. The van der Waals surface area contributed by atoms with E-state index in [9.17, 15) is 86.2 Å². The van der Waals surface area contributed by atoms with Crippen LogP contribution < -0.4 is 54.2 Å². The van der Waals surface area contributed by atoms with Gasteiger partial charge in [0, 0.05) is 45.3 Å². The molecular weight excluding hydrogens is 1360 g/mol. The van der Waals surface area contributed by atoms with Crippen molar-refractivity contribution in [1.29, 1.82) is 0 Å². The fourth-order valence-corrected chi connectivity index (χ4v) is 9.41. The van der Waals surface area contributed by atoms with E-state index in [0.29, 0.717) is 6.07 Å². The van der Waals surface area contributed by atoms with Crippen molar-refractivity contribution in [2.75, 3.05) is 58.4 Å². The number of ether oxygens (including phenoxy) is 6. The van der Waals surface area contributed by atoms with Gasteiger partial charge >= 0.3 is 49.1 Å². The van der Waals surface area contributed by atoms with Crippen molar-refractivity contribution in [2.24, 2.45) is 5.73 Å². The zero-order valence-corrected chi connectivity index (χ0v) is 51.5. The Morgan fingerprint density at radius 2 is 1.28 bits per heavy atom. The standard InChI is InChI=1S/C15H11ClF3NO4.C15H18N6O6S.C14H10F4N4O7S.C5H12NO4P/c1-2-23-14-8-10(4-5-12(14)20(21)22)24-13-6-3-9(7-11(13)16)15(17,18)19;1-21(2)13(22)9-6-5-7-16-12(9)28(24,25)20-15(23)19-14-17-10(26-3)8-11(18-14)27-4;15-11(16)28-8-5-9(29-12(17)18)20-13(19-8)21-14(25)22-30(26,27)7-4-2-1-3-6(7)10(23)24;1-11(9,10)3-2-4(6)5(7)8/h3-8H,2H2,1H3;5-8H,1-4H3,(H2,17,18,19,20,23);1-5,11-12H,(H,23,24)(H2,19,20,21,22,25);4H,2-3,6H2,1H3,(H,7,8)(H,9,10). The molecule has 0 fully saturated rings. The SMILES string of the molecule is CCOc1cc(Oc2ccc(C(F)(F)F)cc2Cl)ccc1[N+](=O)[O-].COc1cc(OC)nc(NC(=O)NS(=O)(=O)c2ncccc2C(=O)N(C)C)n1.CP(=O)(O)CCC(N)C(=O)O.O=C(Nc1nc(OC(F)F)cc(OC(F)F)n1)NS(=O)(=O)c1ccccc1C(=O)O. The van der Waals surface area contributed by atoms with Crippen LogP contribution in [0.15, 0.2) is 101 Å². The van der Waals surface area contributed by atoms with E-state index in [2.05, 4.69) is 39.7 Å². The number of rotatable bonds is 23. The molecule has 44 heteroatoms. The first-order valence-corrected chi connectivity index (χ1v) is 30.5. The van der Waals surface area contributed by atoms with Crippen LogP contribution in [0, 0.1) is 10.1 Å². The number of pyridine rings is 1. The van der Waals surface area contributed by atoms with Crippen LogP contribution in [0.5, 0.6) is 40.8 Å². The molecular formula is C49H51ClF7N12O21PS2. The number of hydrogen-bond donors (Lipinski definition) is 8. The first kappa shape index (κ1) is 77.2. The van der Waals surface area contributed by atoms with Crippen LogP contribution in [0.4, 0.5) is 57.9 Å². The number of nitrogens with one attached hydrogen (secondary N) is 4. The molecule has 6 rings (SSSR count). The third kappa shape index (κ3) is 25.6. The van der Waals surface area contributed by atoms with Crippen LogP contribution in [0.1, 0.15) is 39.6 Å². The first-order chi connectivity index (χ1) is 43.2. The maximum atomic E-state index is 12.6. The van der Waals surface area contributed by atoms with E-state index in [1.807, 2.05) is 0 Å². The summed E-state index contributed by atoms with van der Waals surface area (Å²) < 4.78 is 179. The number of carbonyl (C=O) groups excluding carboxylic acids is 3. The molecule has 0 spiro atoms. The van der Waals surface area contributed by atoms with Crippen molar-refractivity contribution in [1.82, 2.24) is 39.3 Å². The van der Waals surface area contributed by atoms with Gasteiger partial charge in [0.1, 0.15) is 22.4 Å². The Balaban J connectivity index is 0.000000338. The Labute approximate surface area is 525 Å². The second kappa shape index (κ2) is 34.4. The fourth-order valence-electron chi connectivity index (χ4n) is 6.29. The molecule has 5 amide bonds. The highest BCUT2D eigenvalue weighted by atomic mass is 35.5. The Morgan fingerprint density at radius 3 is 1.74 bits per heavy atom. The quantitative estimate of drug-likeness (QED) is 0.0137. The summed E-state index contributed by atoms with van der Waals surface area (Å²) in [5.41, 5.74) is 3.11. The number of nitro benzene ring substituents is 1. The number of carboxylic acids is 2. The number of aliphatic carboxylic acids is 1. The highest BCUT2D eigenvalue weighted by Crippen LogP contribution is 2.39. The van der Waals surface area contributed by atoms with Gasteiger partial charge in [-0.05, 0) is 61.9 Å². The number of alkyl halides is 7. The molecule has 0 saturated carbocycles. The summed E-state index contributed by atoms with van der Waals surface area (Å²) in [5.74, 6) is -6.14. The number of aromatic nitrogens is 5. The summed E-state index contributed by atoms with van der Waals surface area (Å²) in [6.45, 7) is -3.78. The van der Waals surface area contributed by atoms with E-state index in [1.54, 1.807) is 17.0 Å². The highest BCUT2D eigenvalue weighted by Gasteiger charge is 2.32. The Hall–Kier alpha value is -10.0. The van der Waals surface area contributed by atoms with Gasteiger partial charge in [-0.1, -0.05) is 23.7 Å². The lowest BCUT2D eigenvalue weighted by atomic mass is 10.2. The molecule has 93 heavy (non-hydrogen) atoms. The molecule has 0 bridgehead atoms. The number of amides is 5. The average molecular weight is 1410 g/mol. The number of benzene rings is 3. The Bertz CT molecular complexity index is 3890. The number of nitrogens with zero attached hydrogens (tertiary/aromatic N) is 7. The third-order valence-corrected chi connectivity index (χ3v) is 14.3. The molecule has 0 aliphatic carbocycles. The van der Waals surface area contributed by atoms with Gasteiger partial charge in [-0.25, -0.2) is 37.2 Å². The van der Waals surface area contributed by atoms with Gasteiger partial charge in [-0.3, -0.25) is 34.9 Å². The molecule has 3 heterocycles. The van der Waals surface area contributed by atoms with E-state index >= 15 is 0 Å². The van der Waals surface area contributed by atoms with Crippen LogP contribution in [0.3, 0.4) is 0 Å². The summed E-state index contributed by atoms with van der Waals surface area (Å²) in [7, 11) is -6.67. The van der Waals surface area contributed by atoms with E-state index in [4.69, 9.17) is 51.4 Å². The lowest BCUT2D eigenvalue weighted by molar-refractivity contribution is -0.385. The number of hydrogen-bond acceptors (Lipinski definition) is 24. The monoisotopic (exact) mass is 1410 g/mol. The van der Waals surface area contributed by atoms with Crippen LogP contribution in [-0.2, 0) is 35.6 Å². The number of nitrogens with two attached hydrogens (primary N) is 1. The average Bonchev–Trinajstić information content (AvgIpc) is 0.910. The number of carboxylic acid groups (broad SMARTS) is 2. The van der Waals surface area contributed by atoms with Crippen molar-refractivity contribution in [3.63, 3.8) is 0 Å². The van der Waals surface area contributed by atoms with Crippen molar-refractivity contribution in [3.8, 4) is 40.8 Å².